The fourth-order valence-corrected chi connectivity index (χ4v) is 3.45. The number of benzene rings is 1. The zero-order valence-corrected chi connectivity index (χ0v) is 13.6. The Kier molecular flexibility index (Phi) is 3.96. The summed E-state index contributed by atoms with van der Waals surface area (Å²) in [7, 11) is 0. The van der Waals surface area contributed by atoms with Gasteiger partial charge in [-0.05, 0) is 23.8 Å². The number of fused-ring (bicyclic) bond motifs is 1. The molecule has 4 rings (SSSR count). The van der Waals surface area contributed by atoms with Crippen molar-refractivity contribution in [1.82, 2.24) is 14.4 Å². The number of aromatic nitrogens is 3. The monoisotopic (exact) mass is 338 g/mol. The average Bonchev–Trinajstić information content (AvgIpc) is 3.24. The molecule has 0 saturated carbocycles. The Hall–Kier alpha value is -2.73. The standard InChI is InChI=1S/C18H15FN4S/c19-16-6-2-1-4-13(16)10-15-12-22-18(24-15)21-11-14-5-3-7-17-20-8-9-23(14)17/h1-9,12H,10-11H2,(H,21,22). The molecule has 0 fully saturated rings. The summed E-state index contributed by atoms with van der Waals surface area (Å²) in [6.07, 6.45) is 6.09. The van der Waals surface area contributed by atoms with Crippen LogP contribution in [-0.4, -0.2) is 14.4 Å². The highest BCUT2D eigenvalue weighted by molar-refractivity contribution is 7.15. The van der Waals surface area contributed by atoms with Crippen LogP contribution in [0.3, 0.4) is 0 Å². The van der Waals surface area contributed by atoms with Gasteiger partial charge >= 0.3 is 0 Å². The van der Waals surface area contributed by atoms with Crippen molar-refractivity contribution in [3.63, 3.8) is 0 Å². The van der Waals surface area contributed by atoms with E-state index in [2.05, 4.69) is 21.4 Å². The molecule has 4 nitrogen and oxygen atoms in total. The van der Waals surface area contributed by atoms with Gasteiger partial charge in [0.25, 0.3) is 0 Å². The van der Waals surface area contributed by atoms with Crippen molar-refractivity contribution in [1.29, 1.82) is 0 Å². The summed E-state index contributed by atoms with van der Waals surface area (Å²) in [6, 6.07) is 12.9. The van der Waals surface area contributed by atoms with Crippen molar-refractivity contribution < 1.29 is 4.39 Å². The molecule has 0 amide bonds. The Morgan fingerprint density at radius 3 is 2.92 bits per heavy atom. The normalized spacial score (nSPS) is 11.0. The third-order valence-electron chi connectivity index (χ3n) is 3.81. The lowest BCUT2D eigenvalue weighted by Crippen LogP contribution is -2.03. The third kappa shape index (κ3) is 3.00. The maximum absolute atomic E-state index is 13.7. The first kappa shape index (κ1) is 14.8. The molecule has 0 radical (unpaired) electrons. The van der Waals surface area contributed by atoms with E-state index >= 15 is 0 Å². The first-order valence-corrected chi connectivity index (χ1v) is 8.44. The second-order valence-electron chi connectivity index (χ2n) is 5.43. The van der Waals surface area contributed by atoms with Crippen LogP contribution in [0.15, 0.2) is 61.1 Å². The number of anilines is 1. The lowest BCUT2D eigenvalue weighted by Gasteiger charge is -2.06. The molecule has 0 spiro atoms. The number of halogens is 1. The fraction of sp³-hybridized carbons (Fsp3) is 0.111. The first-order valence-electron chi connectivity index (χ1n) is 7.62. The zero-order valence-electron chi connectivity index (χ0n) is 12.8. The van der Waals surface area contributed by atoms with E-state index in [1.165, 1.54) is 6.07 Å². The number of pyridine rings is 1. The molecule has 0 aliphatic heterocycles. The second-order valence-corrected chi connectivity index (χ2v) is 6.54. The Labute approximate surface area is 142 Å². The van der Waals surface area contributed by atoms with E-state index in [-0.39, 0.29) is 5.82 Å². The average molecular weight is 338 g/mol. The van der Waals surface area contributed by atoms with Crippen LogP contribution in [-0.2, 0) is 13.0 Å². The van der Waals surface area contributed by atoms with Crippen molar-refractivity contribution in [2.24, 2.45) is 0 Å². The molecule has 3 aromatic heterocycles. The summed E-state index contributed by atoms with van der Waals surface area (Å²) in [5.74, 6) is -0.174. The predicted molar refractivity (Wildman–Crippen MR) is 93.8 cm³/mol. The lowest BCUT2D eigenvalue weighted by molar-refractivity contribution is 0.614. The summed E-state index contributed by atoms with van der Waals surface area (Å²) in [5, 5.41) is 4.16. The van der Waals surface area contributed by atoms with E-state index in [1.54, 1.807) is 29.8 Å². The summed E-state index contributed by atoms with van der Waals surface area (Å²) >= 11 is 1.55. The van der Waals surface area contributed by atoms with Gasteiger partial charge in [0.15, 0.2) is 5.13 Å². The number of hydrogen-bond donors (Lipinski definition) is 1. The van der Waals surface area contributed by atoms with Crippen molar-refractivity contribution in [2.45, 2.75) is 13.0 Å². The fourth-order valence-electron chi connectivity index (χ4n) is 2.62. The molecule has 1 aromatic carbocycles. The van der Waals surface area contributed by atoms with Gasteiger partial charge in [-0.15, -0.1) is 11.3 Å². The van der Waals surface area contributed by atoms with Gasteiger partial charge in [0.1, 0.15) is 11.5 Å². The van der Waals surface area contributed by atoms with E-state index in [4.69, 9.17) is 0 Å². The van der Waals surface area contributed by atoms with E-state index in [1.807, 2.05) is 34.9 Å². The van der Waals surface area contributed by atoms with Crippen molar-refractivity contribution in [3.8, 4) is 0 Å². The van der Waals surface area contributed by atoms with Gasteiger partial charge in [-0.3, -0.25) is 0 Å². The first-order chi connectivity index (χ1) is 11.8. The highest BCUT2D eigenvalue weighted by Crippen LogP contribution is 2.22. The molecule has 0 aliphatic carbocycles. The lowest BCUT2D eigenvalue weighted by atomic mass is 10.1. The SMILES string of the molecule is Fc1ccccc1Cc1cnc(NCc2cccc3nccn23)s1. The van der Waals surface area contributed by atoms with Crippen molar-refractivity contribution in [3.05, 3.63) is 83.0 Å². The maximum atomic E-state index is 13.7. The Balaban J connectivity index is 1.46. The smallest absolute Gasteiger partial charge is 0.183 e. The van der Waals surface area contributed by atoms with Gasteiger partial charge in [0.2, 0.25) is 0 Å². The molecule has 0 saturated heterocycles. The molecule has 0 atom stereocenters. The van der Waals surface area contributed by atoms with Gasteiger partial charge < -0.3 is 9.72 Å². The minimum atomic E-state index is -0.174. The molecular formula is C18H15FN4S. The van der Waals surface area contributed by atoms with E-state index < -0.39 is 0 Å². The van der Waals surface area contributed by atoms with Crippen LogP contribution in [0.2, 0.25) is 0 Å². The zero-order chi connectivity index (χ0) is 16.4. The third-order valence-corrected chi connectivity index (χ3v) is 4.76. The van der Waals surface area contributed by atoms with Crippen molar-refractivity contribution in [2.75, 3.05) is 5.32 Å². The van der Waals surface area contributed by atoms with Gasteiger partial charge in [-0.1, -0.05) is 24.3 Å². The maximum Gasteiger partial charge on any atom is 0.183 e. The van der Waals surface area contributed by atoms with Crippen LogP contribution in [0, 0.1) is 5.82 Å². The quantitative estimate of drug-likeness (QED) is 0.595. The molecule has 24 heavy (non-hydrogen) atoms. The predicted octanol–water partition coefficient (Wildman–Crippen LogP) is 4.13. The van der Waals surface area contributed by atoms with Gasteiger partial charge in [-0.25, -0.2) is 14.4 Å². The van der Waals surface area contributed by atoms with Crippen LogP contribution >= 0.6 is 11.3 Å². The second kappa shape index (κ2) is 6.41. The van der Waals surface area contributed by atoms with E-state index in [9.17, 15) is 4.39 Å². The van der Waals surface area contributed by atoms with E-state index in [0.29, 0.717) is 18.5 Å². The highest BCUT2D eigenvalue weighted by Gasteiger charge is 2.07. The Morgan fingerprint density at radius 2 is 2.00 bits per heavy atom. The van der Waals surface area contributed by atoms with Crippen LogP contribution in [0.5, 0.6) is 0 Å². The number of imidazole rings is 1. The minimum Gasteiger partial charge on any atom is -0.356 e. The number of hydrogen-bond acceptors (Lipinski definition) is 4. The number of thiazole rings is 1. The molecule has 6 heteroatoms. The van der Waals surface area contributed by atoms with Crippen LogP contribution in [0.1, 0.15) is 16.1 Å². The molecular weight excluding hydrogens is 323 g/mol. The van der Waals surface area contributed by atoms with Gasteiger partial charge in [-0.2, -0.15) is 0 Å². The van der Waals surface area contributed by atoms with Gasteiger partial charge in [0, 0.05) is 35.6 Å². The molecule has 3 heterocycles. The number of nitrogens with one attached hydrogen (secondary N) is 1. The summed E-state index contributed by atoms with van der Waals surface area (Å²) in [4.78, 5) is 9.70. The van der Waals surface area contributed by atoms with Gasteiger partial charge in [0.05, 0.1) is 6.54 Å². The Morgan fingerprint density at radius 1 is 1.08 bits per heavy atom. The van der Waals surface area contributed by atoms with Crippen LogP contribution in [0.25, 0.3) is 5.65 Å². The largest absolute Gasteiger partial charge is 0.356 e. The van der Waals surface area contributed by atoms with Crippen LogP contribution < -0.4 is 5.32 Å². The topological polar surface area (TPSA) is 42.2 Å². The Bertz CT molecular complexity index is 976. The van der Waals surface area contributed by atoms with Crippen molar-refractivity contribution >= 4 is 22.1 Å². The number of nitrogens with zero attached hydrogens (tertiary/aromatic N) is 3. The minimum absolute atomic E-state index is 0.174. The molecule has 0 bridgehead atoms. The highest BCUT2D eigenvalue weighted by atomic mass is 32.1. The molecule has 120 valence electrons. The molecule has 0 unspecified atom stereocenters. The molecule has 4 aromatic rings. The summed E-state index contributed by atoms with van der Waals surface area (Å²) < 4.78 is 15.8. The molecule has 1 N–H and O–H groups in total. The van der Waals surface area contributed by atoms with Crippen LogP contribution in [0.4, 0.5) is 9.52 Å². The summed E-state index contributed by atoms with van der Waals surface area (Å²) in [5.41, 5.74) is 2.72. The summed E-state index contributed by atoms with van der Waals surface area (Å²) in [6.45, 7) is 0.653. The number of rotatable bonds is 5. The molecule has 0 aliphatic rings. The van der Waals surface area contributed by atoms with E-state index in [0.717, 1.165) is 21.3 Å².